The van der Waals surface area contributed by atoms with E-state index in [9.17, 15) is 19.2 Å². The third-order valence-electron chi connectivity index (χ3n) is 3.97. The third kappa shape index (κ3) is 2.87. The van der Waals surface area contributed by atoms with Gasteiger partial charge in [0.15, 0.2) is 0 Å². The number of urea groups is 1. The maximum absolute atomic E-state index is 12.0. The van der Waals surface area contributed by atoms with Crippen LogP contribution in [0, 0.1) is 0 Å². The second-order valence-electron chi connectivity index (χ2n) is 5.55. The van der Waals surface area contributed by atoms with E-state index in [2.05, 4.69) is 16.0 Å². The first-order chi connectivity index (χ1) is 11.0. The Morgan fingerprint density at radius 2 is 1.87 bits per heavy atom. The molecule has 2 aliphatic heterocycles. The van der Waals surface area contributed by atoms with E-state index in [0.29, 0.717) is 24.1 Å². The minimum absolute atomic E-state index is 0.125. The van der Waals surface area contributed by atoms with E-state index in [0.717, 1.165) is 4.90 Å². The van der Waals surface area contributed by atoms with Gasteiger partial charge in [0, 0.05) is 19.2 Å². The Hall–Kier alpha value is -2.90. The largest absolute Gasteiger partial charge is 0.344 e. The molecule has 120 valence electrons. The highest BCUT2D eigenvalue weighted by Gasteiger charge is 2.36. The minimum Gasteiger partial charge on any atom is -0.344 e. The Kier molecular flexibility index (Phi) is 3.73. The molecule has 23 heavy (non-hydrogen) atoms. The number of rotatable bonds is 3. The van der Waals surface area contributed by atoms with Crippen LogP contribution in [0.3, 0.4) is 0 Å². The van der Waals surface area contributed by atoms with Crippen LogP contribution in [0.25, 0.3) is 0 Å². The van der Waals surface area contributed by atoms with E-state index in [4.69, 9.17) is 0 Å². The Bertz CT molecular complexity index is 685. The molecule has 0 radical (unpaired) electrons. The van der Waals surface area contributed by atoms with Crippen molar-refractivity contribution in [3.8, 4) is 0 Å². The van der Waals surface area contributed by atoms with Gasteiger partial charge in [0.1, 0.15) is 12.1 Å². The van der Waals surface area contributed by atoms with Gasteiger partial charge in [0.25, 0.3) is 5.91 Å². The molecule has 0 spiro atoms. The number of nitrogens with one attached hydrogen (secondary N) is 3. The lowest BCUT2D eigenvalue weighted by molar-refractivity contribution is -0.126. The summed E-state index contributed by atoms with van der Waals surface area (Å²) in [5.41, 5.74) is 1.20. The molecule has 3 N–H and O–H groups in total. The van der Waals surface area contributed by atoms with E-state index >= 15 is 0 Å². The monoisotopic (exact) mass is 316 g/mol. The van der Waals surface area contributed by atoms with E-state index in [1.807, 2.05) is 0 Å². The summed E-state index contributed by atoms with van der Waals surface area (Å²) >= 11 is 0. The number of anilines is 1. The summed E-state index contributed by atoms with van der Waals surface area (Å²) in [4.78, 5) is 47.5. The summed E-state index contributed by atoms with van der Waals surface area (Å²) in [6.07, 6.45) is 0.839. The Labute approximate surface area is 132 Å². The van der Waals surface area contributed by atoms with Crippen LogP contribution in [-0.2, 0) is 14.4 Å². The standard InChI is InChI=1S/C15H16N4O4/c1-19-14(22)12(18-15(19)23)8-2-4-9(5-3-8)16-13(21)10-6-7-11(20)17-10/h2-5,10,12H,6-7H2,1H3,(H,16,21)(H,17,20)(H,18,23). The van der Waals surface area contributed by atoms with Crippen molar-refractivity contribution in [3.05, 3.63) is 29.8 Å². The fourth-order valence-electron chi connectivity index (χ4n) is 2.60. The van der Waals surface area contributed by atoms with Crippen LogP contribution in [0.4, 0.5) is 10.5 Å². The van der Waals surface area contributed by atoms with Crippen LogP contribution >= 0.6 is 0 Å². The van der Waals surface area contributed by atoms with Crippen molar-refractivity contribution in [1.29, 1.82) is 0 Å². The SMILES string of the molecule is CN1C(=O)NC(c2ccc(NC(=O)C3CCC(=O)N3)cc2)C1=O. The van der Waals surface area contributed by atoms with Gasteiger partial charge in [0.05, 0.1) is 0 Å². The molecule has 8 heteroatoms. The van der Waals surface area contributed by atoms with Crippen LogP contribution in [-0.4, -0.2) is 41.7 Å². The normalized spacial score (nSPS) is 23.7. The first-order valence-corrected chi connectivity index (χ1v) is 7.24. The fraction of sp³-hybridized carbons (Fsp3) is 0.333. The molecule has 2 fully saturated rings. The van der Waals surface area contributed by atoms with Crippen molar-refractivity contribution in [1.82, 2.24) is 15.5 Å². The highest BCUT2D eigenvalue weighted by molar-refractivity contribution is 6.04. The number of carbonyl (C=O) groups is 4. The van der Waals surface area contributed by atoms with Gasteiger partial charge >= 0.3 is 6.03 Å². The van der Waals surface area contributed by atoms with Gasteiger partial charge in [-0.15, -0.1) is 0 Å². The lowest BCUT2D eigenvalue weighted by atomic mass is 10.1. The number of hydrogen-bond acceptors (Lipinski definition) is 4. The minimum atomic E-state index is -0.702. The second kappa shape index (κ2) is 5.71. The van der Waals surface area contributed by atoms with Crippen LogP contribution in [0.2, 0.25) is 0 Å². The van der Waals surface area contributed by atoms with Crippen molar-refractivity contribution in [2.24, 2.45) is 0 Å². The molecular formula is C15H16N4O4. The highest BCUT2D eigenvalue weighted by Crippen LogP contribution is 2.22. The number of hydrogen-bond donors (Lipinski definition) is 3. The number of amides is 5. The average molecular weight is 316 g/mol. The fourth-order valence-corrected chi connectivity index (χ4v) is 2.60. The van der Waals surface area contributed by atoms with Crippen LogP contribution in [0.5, 0.6) is 0 Å². The summed E-state index contributed by atoms with van der Waals surface area (Å²) in [6, 6.07) is 5.01. The molecule has 2 saturated heterocycles. The molecule has 5 amide bonds. The molecule has 8 nitrogen and oxygen atoms in total. The van der Waals surface area contributed by atoms with Gasteiger partial charge in [-0.3, -0.25) is 19.3 Å². The van der Waals surface area contributed by atoms with Crippen molar-refractivity contribution in [2.75, 3.05) is 12.4 Å². The van der Waals surface area contributed by atoms with Crippen molar-refractivity contribution < 1.29 is 19.2 Å². The van der Waals surface area contributed by atoms with Gasteiger partial charge in [-0.2, -0.15) is 0 Å². The molecule has 0 saturated carbocycles. The number of imide groups is 1. The zero-order chi connectivity index (χ0) is 16.6. The van der Waals surface area contributed by atoms with Gasteiger partial charge in [-0.1, -0.05) is 12.1 Å². The lowest BCUT2D eigenvalue weighted by Gasteiger charge is -2.12. The maximum Gasteiger partial charge on any atom is 0.324 e. The van der Waals surface area contributed by atoms with Crippen molar-refractivity contribution >= 4 is 29.4 Å². The quantitative estimate of drug-likeness (QED) is 0.689. The van der Waals surface area contributed by atoms with Gasteiger partial charge in [-0.25, -0.2) is 4.79 Å². The molecule has 1 aromatic rings. The predicted molar refractivity (Wildman–Crippen MR) is 80.3 cm³/mol. The van der Waals surface area contributed by atoms with Crippen LogP contribution in [0.15, 0.2) is 24.3 Å². The molecule has 2 unspecified atom stereocenters. The van der Waals surface area contributed by atoms with Crippen molar-refractivity contribution in [2.45, 2.75) is 24.9 Å². The molecule has 3 rings (SSSR count). The van der Waals surface area contributed by atoms with Gasteiger partial charge < -0.3 is 16.0 Å². The topological polar surface area (TPSA) is 108 Å². The molecule has 0 bridgehead atoms. The molecule has 1 aromatic carbocycles. The number of nitrogens with zero attached hydrogens (tertiary/aromatic N) is 1. The zero-order valence-corrected chi connectivity index (χ0v) is 12.5. The average Bonchev–Trinajstić information content (AvgIpc) is 3.08. The van der Waals surface area contributed by atoms with Gasteiger partial charge in [0.2, 0.25) is 11.8 Å². The number of likely N-dealkylation sites (N-methyl/N-ethyl adjacent to an activating group) is 1. The van der Waals surface area contributed by atoms with Crippen LogP contribution in [0.1, 0.15) is 24.4 Å². The maximum atomic E-state index is 12.0. The van der Waals surface area contributed by atoms with E-state index in [1.165, 1.54) is 7.05 Å². The Morgan fingerprint density at radius 1 is 1.17 bits per heavy atom. The van der Waals surface area contributed by atoms with Gasteiger partial charge in [-0.05, 0) is 24.1 Å². The van der Waals surface area contributed by atoms with E-state index in [1.54, 1.807) is 24.3 Å². The first kappa shape index (κ1) is 15.0. The summed E-state index contributed by atoms with van der Waals surface area (Å²) in [5.74, 6) is -0.714. The second-order valence-corrected chi connectivity index (χ2v) is 5.55. The smallest absolute Gasteiger partial charge is 0.324 e. The molecule has 2 aliphatic rings. The molecular weight excluding hydrogens is 300 g/mol. The van der Waals surface area contributed by atoms with E-state index in [-0.39, 0.29) is 17.7 Å². The molecule has 0 aromatic heterocycles. The predicted octanol–water partition coefficient (Wildman–Crippen LogP) is 0.126. The summed E-state index contributed by atoms with van der Waals surface area (Å²) < 4.78 is 0. The Morgan fingerprint density at radius 3 is 2.39 bits per heavy atom. The summed E-state index contributed by atoms with van der Waals surface area (Å²) in [7, 11) is 1.42. The molecule has 0 aliphatic carbocycles. The lowest BCUT2D eigenvalue weighted by Crippen LogP contribution is -2.37. The first-order valence-electron chi connectivity index (χ1n) is 7.24. The highest BCUT2D eigenvalue weighted by atomic mass is 16.2. The summed E-state index contributed by atoms with van der Waals surface area (Å²) in [5, 5.41) is 7.89. The molecule has 2 heterocycles. The molecule has 2 atom stereocenters. The third-order valence-corrected chi connectivity index (χ3v) is 3.97. The Balaban J connectivity index is 1.66. The van der Waals surface area contributed by atoms with E-state index < -0.39 is 18.1 Å². The van der Waals surface area contributed by atoms with Crippen LogP contribution < -0.4 is 16.0 Å². The summed E-state index contributed by atoms with van der Waals surface area (Å²) in [6.45, 7) is 0. The number of carbonyl (C=O) groups excluding carboxylic acids is 4. The zero-order valence-electron chi connectivity index (χ0n) is 12.5. The number of benzene rings is 1. The van der Waals surface area contributed by atoms with Crippen molar-refractivity contribution in [3.63, 3.8) is 0 Å².